The third-order valence-electron chi connectivity index (χ3n) is 3.78. The number of anilines is 2. The molecule has 3 aromatic rings. The van der Waals surface area contributed by atoms with E-state index in [9.17, 15) is 9.59 Å². The van der Waals surface area contributed by atoms with Crippen LogP contribution >= 0.6 is 12.2 Å². The van der Waals surface area contributed by atoms with Crippen molar-refractivity contribution >= 4 is 51.5 Å². The average molecular weight is 381 g/mol. The second kappa shape index (κ2) is 8.46. The maximum absolute atomic E-state index is 12.3. The normalized spacial score (nSPS) is 10.4. The second-order valence-corrected chi connectivity index (χ2v) is 6.34. The van der Waals surface area contributed by atoms with E-state index in [4.69, 9.17) is 16.6 Å². The molecule has 0 unspecified atom stereocenters. The Morgan fingerprint density at radius 3 is 2.33 bits per heavy atom. The van der Waals surface area contributed by atoms with Crippen LogP contribution in [0.5, 0.6) is 0 Å². The zero-order valence-electron chi connectivity index (χ0n) is 14.7. The Hall–Kier alpha value is -3.19. The number of nitrogens with one attached hydrogen (secondary N) is 3. The molecule has 0 fully saturated rings. The maximum Gasteiger partial charge on any atom is 0.291 e. The molecule has 0 atom stereocenters. The highest BCUT2D eigenvalue weighted by atomic mass is 32.1. The van der Waals surface area contributed by atoms with Crippen molar-refractivity contribution in [2.75, 3.05) is 10.6 Å². The van der Waals surface area contributed by atoms with Crippen LogP contribution < -0.4 is 16.0 Å². The predicted molar refractivity (Wildman–Crippen MR) is 110 cm³/mol. The molecule has 0 bridgehead atoms. The quantitative estimate of drug-likeness (QED) is 0.574. The van der Waals surface area contributed by atoms with Crippen molar-refractivity contribution < 1.29 is 14.0 Å². The Kier molecular flexibility index (Phi) is 5.83. The van der Waals surface area contributed by atoms with Crippen molar-refractivity contribution in [3.8, 4) is 0 Å². The van der Waals surface area contributed by atoms with Gasteiger partial charge in [-0.05, 0) is 55.0 Å². The van der Waals surface area contributed by atoms with Gasteiger partial charge in [-0.2, -0.15) is 0 Å². The number of benzene rings is 2. The van der Waals surface area contributed by atoms with E-state index < -0.39 is 0 Å². The molecule has 138 valence electrons. The first-order chi connectivity index (χ1) is 13.0. The lowest BCUT2D eigenvalue weighted by Gasteiger charge is -2.10. The summed E-state index contributed by atoms with van der Waals surface area (Å²) in [5, 5.41) is 9.44. The summed E-state index contributed by atoms with van der Waals surface area (Å²) in [7, 11) is 0. The van der Waals surface area contributed by atoms with Crippen molar-refractivity contribution in [1.29, 1.82) is 0 Å². The number of rotatable bonds is 5. The van der Waals surface area contributed by atoms with Crippen LogP contribution in [-0.4, -0.2) is 16.9 Å². The molecular weight excluding hydrogens is 362 g/mol. The second-order valence-electron chi connectivity index (χ2n) is 5.93. The fourth-order valence-electron chi connectivity index (χ4n) is 2.50. The van der Waals surface area contributed by atoms with Crippen molar-refractivity contribution in [2.45, 2.75) is 19.8 Å². The number of amides is 2. The molecular formula is C20H19N3O3S. The van der Waals surface area contributed by atoms with Crippen LogP contribution in [0.2, 0.25) is 0 Å². The van der Waals surface area contributed by atoms with E-state index in [-0.39, 0.29) is 22.7 Å². The summed E-state index contributed by atoms with van der Waals surface area (Å²) in [5.41, 5.74) is 1.99. The molecule has 2 aromatic carbocycles. The molecule has 6 nitrogen and oxygen atoms in total. The molecule has 3 rings (SSSR count). The Balaban J connectivity index is 1.59. The lowest BCUT2D eigenvalue weighted by molar-refractivity contribution is -0.119. The molecule has 0 saturated carbocycles. The zero-order valence-corrected chi connectivity index (χ0v) is 15.6. The number of carbonyl (C=O) groups is 2. The van der Waals surface area contributed by atoms with Crippen LogP contribution in [0.15, 0.2) is 59.0 Å². The van der Waals surface area contributed by atoms with Gasteiger partial charge in [-0.15, -0.1) is 0 Å². The van der Waals surface area contributed by atoms with Crippen LogP contribution in [0.25, 0.3) is 11.0 Å². The summed E-state index contributed by atoms with van der Waals surface area (Å²) >= 11 is 5.10. The highest BCUT2D eigenvalue weighted by molar-refractivity contribution is 7.80. The first-order valence-electron chi connectivity index (χ1n) is 8.56. The zero-order chi connectivity index (χ0) is 19.2. The minimum atomic E-state index is -0.325. The average Bonchev–Trinajstić information content (AvgIpc) is 3.08. The van der Waals surface area contributed by atoms with E-state index in [0.29, 0.717) is 23.4 Å². The third kappa shape index (κ3) is 4.92. The lowest BCUT2D eigenvalue weighted by atomic mass is 10.2. The molecule has 0 aliphatic heterocycles. The van der Waals surface area contributed by atoms with Gasteiger partial charge in [0.25, 0.3) is 5.91 Å². The molecule has 0 spiro atoms. The smallest absolute Gasteiger partial charge is 0.291 e. The van der Waals surface area contributed by atoms with Gasteiger partial charge in [0.1, 0.15) is 5.58 Å². The summed E-state index contributed by atoms with van der Waals surface area (Å²) in [6, 6.07) is 16.1. The maximum atomic E-state index is 12.3. The van der Waals surface area contributed by atoms with Crippen molar-refractivity contribution in [1.82, 2.24) is 5.32 Å². The van der Waals surface area contributed by atoms with Crippen molar-refractivity contribution in [3.63, 3.8) is 0 Å². The number of carbonyl (C=O) groups excluding carboxylic acids is 2. The highest BCUT2D eigenvalue weighted by Gasteiger charge is 2.12. The van der Waals surface area contributed by atoms with Gasteiger partial charge in [-0.25, -0.2) is 0 Å². The molecule has 0 saturated heterocycles. The third-order valence-corrected chi connectivity index (χ3v) is 3.98. The number of thiocarbonyl (C=S) groups is 1. The molecule has 7 heteroatoms. The van der Waals surface area contributed by atoms with Gasteiger partial charge < -0.3 is 20.4 Å². The van der Waals surface area contributed by atoms with E-state index in [1.165, 1.54) is 0 Å². The molecule has 2 amide bonds. The van der Waals surface area contributed by atoms with Crippen LogP contribution in [0, 0.1) is 0 Å². The lowest BCUT2D eigenvalue weighted by Crippen LogP contribution is -2.33. The van der Waals surface area contributed by atoms with Crippen LogP contribution in [0.1, 0.15) is 30.3 Å². The van der Waals surface area contributed by atoms with E-state index in [0.717, 1.165) is 11.8 Å². The topological polar surface area (TPSA) is 83.4 Å². The predicted octanol–water partition coefficient (Wildman–Crippen LogP) is 4.30. The van der Waals surface area contributed by atoms with Crippen LogP contribution in [0.3, 0.4) is 0 Å². The number of furan rings is 1. The van der Waals surface area contributed by atoms with Gasteiger partial charge in [-0.1, -0.05) is 25.1 Å². The molecule has 27 heavy (non-hydrogen) atoms. The van der Waals surface area contributed by atoms with Gasteiger partial charge in [0.15, 0.2) is 10.9 Å². The molecule has 0 aliphatic carbocycles. The van der Waals surface area contributed by atoms with Crippen LogP contribution in [0.4, 0.5) is 11.4 Å². The number of hydrogen-bond acceptors (Lipinski definition) is 4. The van der Waals surface area contributed by atoms with Crippen molar-refractivity contribution in [3.05, 3.63) is 60.4 Å². The molecule has 0 radical (unpaired) electrons. The Morgan fingerprint density at radius 1 is 1.00 bits per heavy atom. The van der Waals surface area contributed by atoms with Gasteiger partial charge in [0.05, 0.1) is 0 Å². The molecule has 1 heterocycles. The molecule has 3 N–H and O–H groups in total. The minimum Gasteiger partial charge on any atom is -0.451 e. The fraction of sp³-hybridized carbons (Fsp3) is 0.150. The SMILES string of the molecule is CCCC(=O)NC(=S)Nc1ccc(NC(=O)c2cc3ccccc3o2)cc1. The van der Waals surface area contributed by atoms with E-state index in [1.54, 1.807) is 30.3 Å². The summed E-state index contributed by atoms with van der Waals surface area (Å²) in [6.07, 6.45) is 1.18. The van der Waals surface area contributed by atoms with E-state index in [1.807, 2.05) is 31.2 Å². The number of para-hydroxylation sites is 1. The molecule has 0 aliphatic rings. The Bertz CT molecular complexity index is 947. The highest BCUT2D eigenvalue weighted by Crippen LogP contribution is 2.20. The first-order valence-corrected chi connectivity index (χ1v) is 8.97. The van der Waals surface area contributed by atoms with E-state index in [2.05, 4.69) is 16.0 Å². The molecule has 1 aromatic heterocycles. The standard InChI is InChI=1S/C20H19N3O3S/c1-2-5-18(24)23-20(27)22-15-10-8-14(9-11-15)21-19(25)17-12-13-6-3-4-7-16(13)26-17/h3-4,6-12H,2,5H2,1H3,(H,21,25)(H2,22,23,24,27). The fourth-order valence-corrected chi connectivity index (χ4v) is 2.73. The summed E-state index contributed by atoms with van der Waals surface area (Å²) in [6.45, 7) is 1.93. The minimum absolute atomic E-state index is 0.121. The Labute approximate surface area is 161 Å². The Morgan fingerprint density at radius 2 is 1.67 bits per heavy atom. The number of hydrogen-bond donors (Lipinski definition) is 3. The van der Waals surface area contributed by atoms with Crippen molar-refractivity contribution in [2.24, 2.45) is 0 Å². The monoisotopic (exact) mass is 381 g/mol. The summed E-state index contributed by atoms with van der Waals surface area (Å²) < 4.78 is 5.55. The first kappa shape index (κ1) is 18.6. The summed E-state index contributed by atoms with van der Waals surface area (Å²) in [4.78, 5) is 23.9. The van der Waals surface area contributed by atoms with Gasteiger partial charge >= 0.3 is 0 Å². The largest absolute Gasteiger partial charge is 0.451 e. The van der Waals surface area contributed by atoms with E-state index >= 15 is 0 Å². The van der Waals surface area contributed by atoms with Gasteiger partial charge in [0, 0.05) is 23.2 Å². The number of fused-ring (bicyclic) bond motifs is 1. The van der Waals surface area contributed by atoms with Gasteiger partial charge in [-0.3, -0.25) is 9.59 Å². The van der Waals surface area contributed by atoms with Crippen LogP contribution in [-0.2, 0) is 4.79 Å². The van der Waals surface area contributed by atoms with Gasteiger partial charge in [0.2, 0.25) is 5.91 Å². The summed E-state index contributed by atoms with van der Waals surface area (Å²) in [5.74, 6) is -0.197.